The molecule has 4 nitrogen and oxygen atoms in total. The standard InChI is InChI=1S/C13H19NO3S/c1-17-13-9-10(18(2,15)16)6-7-11(13)12-5-3-4-8-14-12/h6-7,9,12,14H,3-5,8H2,1-2H3. The Kier molecular flexibility index (Phi) is 3.92. The number of piperidine rings is 1. The fourth-order valence-corrected chi connectivity index (χ4v) is 2.96. The zero-order valence-electron chi connectivity index (χ0n) is 10.8. The minimum absolute atomic E-state index is 0.266. The Bertz CT molecular complexity index is 519. The van der Waals surface area contributed by atoms with Crippen molar-refractivity contribution in [1.82, 2.24) is 5.32 Å². The van der Waals surface area contributed by atoms with E-state index in [9.17, 15) is 8.42 Å². The summed E-state index contributed by atoms with van der Waals surface area (Å²) in [7, 11) is -1.61. The van der Waals surface area contributed by atoms with E-state index in [-0.39, 0.29) is 6.04 Å². The maximum absolute atomic E-state index is 11.5. The van der Waals surface area contributed by atoms with Gasteiger partial charge in [0.2, 0.25) is 0 Å². The zero-order valence-corrected chi connectivity index (χ0v) is 11.6. The molecule has 5 heteroatoms. The molecule has 1 fully saturated rings. The quantitative estimate of drug-likeness (QED) is 0.910. The van der Waals surface area contributed by atoms with E-state index in [1.54, 1.807) is 19.2 Å². The van der Waals surface area contributed by atoms with E-state index in [0.29, 0.717) is 10.6 Å². The third kappa shape index (κ3) is 2.84. The Labute approximate surface area is 108 Å². The summed E-state index contributed by atoms with van der Waals surface area (Å²) in [5, 5.41) is 3.44. The van der Waals surface area contributed by atoms with Crippen LogP contribution in [0.2, 0.25) is 0 Å². The topological polar surface area (TPSA) is 55.4 Å². The van der Waals surface area contributed by atoms with E-state index in [1.807, 2.05) is 6.07 Å². The minimum atomic E-state index is -3.18. The van der Waals surface area contributed by atoms with Gasteiger partial charge in [0.05, 0.1) is 12.0 Å². The van der Waals surface area contributed by atoms with Gasteiger partial charge in [0.1, 0.15) is 5.75 Å². The lowest BCUT2D eigenvalue weighted by molar-refractivity contribution is 0.372. The van der Waals surface area contributed by atoms with E-state index < -0.39 is 9.84 Å². The van der Waals surface area contributed by atoms with Crippen LogP contribution in [0, 0.1) is 0 Å². The van der Waals surface area contributed by atoms with Crippen molar-refractivity contribution in [2.75, 3.05) is 19.9 Å². The van der Waals surface area contributed by atoms with Crippen LogP contribution in [-0.4, -0.2) is 28.3 Å². The summed E-state index contributed by atoms with van der Waals surface area (Å²) in [5.41, 5.74) is 1.05. The van der Waals surface area contributed by atoms with Gasteiger partial charge >= 0.3 is 0 Å². The maximum Gasteiger partial charge on any atom is 0.175 e. The summed E-state index contributed by atoms with van der Waals surface area (Å²) < 4.78 is 28.4. The Morgan fingerprint density at radius 1 is 1.33 bits per heavy atom. The van der Waals surface area contributed by atoms with Crippen LogP contribution in [0.25, 0.3) is 0 Å². The zero-order chi connectivity index (χ0) is 13.2. The molecule has 0 amide bonds. The van der Waals surface area contributed by atoms with Gasteiger partial charge in [-0.1, -0.05) is 12.5 Å². The summed E-state index contributed by atoms with van der Waals surface area (Å²) in [6.45, 7) is 1.00. The predicted octanol–water partition coefficient (Wildman–Crippen LogP) is 1.91. The molecule has 1 aromatic rings. The number of nitrogens with one attached hydrogen (secondary N) is 1. The number of hydrogen-bond donors (Lipinski definition) is 1. The van der Waals surface area contributed by atoms with Gasteiger partial charge in [0, 0.05) is 17.9 Å². The molecule has 1 unspecified atom stereocenters. The fraction of sp³-hybridized carbons (Fsp3) is 0.538. The van der Waals surface area contributed by atoms with Gasteiger partial charge < -0.3 is 10.1 Å². The van der Waals surface area contributed by atoms with Gasteiger partial charge in [-0.05, 0) is 31.5 Å². The van der Waals surface area contributed by atoms with Gasteiger partial charge in [-0.2, -0.15) is 0 Å². The summed E-state index contributed by atoms with van der Waals surface area (Å²) in [5.74, 6) is 0.650. The van der Waals surface area contributed by atoms with Crippen LogP contribution in [0.3, 0.4) is 0 Å². The molecule has 1 N–H and O–H groups in total. The van der Waals surface area contributed by atoms with Gasteiger partial charge in [0.15, 0.2) is 9.84 Å². The van der Waals surface area contributed by atoms with E-state index in [4.69, 9.17) is 4.74 Å². The molecule has 2 rings (SSSR count). The Morgan fingerprint density at radius 2 is 2.11 bits per heavy atom. The highest BCUT2D eigenvalue weighted by molar-refractivity contribution is 7.90. The highest BCUT2D eigenvalue weighted by atomic mass is 32.2. The van der Waals surface area contributed by atoms with E-state index in [1.165, 1.54) is 19.1 Å². The summed E-state index contributed by atoms with van der Waals surface area (Å²) in [4.78, 5) is 0.305. The van der Waals surface area contributed by atoms with Gasteiger partial charge in [-0.15, -0.1) is 0 Å². The Balaban J connectivity index is 2.36. The number of sulfone groups is 1. The molecule has 0 radical (unpaired) electrons. The molecule has 1 heterocycles. The molecule has 0 bridgehead atoms. The highest BCUT2D eigenvalue weighted by Crippen LogP contribution is 2.32. The molecule has 0 aromatic heterocycles. The van der Waals surface area contributed by atoms with Crippen molar-refractivity contribution in [3.63, 3.8) is 0 Å². The third-order valence-corrected chi connectivity index (χ3v) is 4.43. The molecular weight excluding hydrogens is 250 g/mol. The third-order valence-electron chi connectivity index (χ3n) is 3.32. The summed E-state index contributed by atoms with van der Waals surface area (Å²) in [6.07, 6.45) is 4.66. The first-order chi connectivity index (χ1) is 8.52. The number of benzene rings is 1. The second kappa shape index (κ2) is 5.28. The Hall–Kier alpha value is -1.07. The van der Waals surface area contributed by atoms with Gasteiger partial charge in [0.25, 0.3) is 0 Å². The molecule has 0 aliphatic carbocycles. The molecule has 1 aliphatic heterocycles. The van der Waals surface area contributed by atoms with Gasteiger partial charge in [-0.25, -0.2) is 8.42 Å². The molecule has 0 saturated carbocycles. The SMILES string of the molecule is COc1cc(S(C)(=O)=O)ccc1C1CCCCN1. The molecule has 0 spiro atoms. The van der Waals surface area contributed by atoms with Crippen molar-refractivity contribution in [2.45, 2.75) is 30.2 Å². The van der Waals surface area contributed by atoms with Crippen LogP contribution in [0.5, 0.6) is 5.75 Å². The van der Waals surface area contributed by atoms with E-state index in [0.717, 1.165) is 18.5 Å². The highest BCUT2D eigenvalue weighted by Gasteiger charge is 2.20. The van der Waals surface area contributed by atoms with Gasteiger partial charge in [-0.3, -0.25) is 0 Å². The largest absolute Gasteiger partial charge is 0.496 e. The van der Waals surface area contributed by atoms with Crippen molar-refractivity contribution in [3.8, 4) is 5.75 Å². The number of methoxy groups -OCH3 is 1. The van der Waals surface area contributed by atoms with Crippen molar-refractivity contribution in [1.29, 1.82) is 0 Å². The number of ether oxygens (including phenoxy) is 1. The van der Waals surface area contributed by atoms with E-state index >= 15 is 0 Å². The molecule has 1 aromatic carbocycles. The summed E-state index contributed by atoms with van der Waals surface area (Å²) in [6, 6.07) is 5.39. The van der Waals surface area contributed by atoms with Crippen LogP contribution >= 0.6 is 0 Å². The fourth-order valence-electron chi connectivity index (χ4n) is 2.33. The molecular formula is C13H19NO3S. The van der Waals surface area contributed by atoms with E-state index in [2.05, 4.69) is 5.32 Å². The lowest BCUT2D eigenvalue weighted by atomic mass is 9.97. The normalized spacial score (nSPS) is 20.7. The lowest BCUT2D eigenvalue weighted by Gasteiger charge is -2.25. The van der Waals surface area contributed by atoms with Crippen molar-refractivity contribution < 1.29 is 13.2 Å². The van der Waals surface area contributed by atoms with Crippen molar-refractivity contribution in [3.05, 3.63) is 23.8 Å². The van der Waals surface area contributed by atoms with Crippen molar-refractivity contribution >= 4 is 9.84 Å². The lowest BCUT2D eigenvalue weighted by Crippen LogP contribution is -2.27. The van der Waals surface area contributed by atoms with Crippen LogP contribution in [0.15, 0.2) is 23.1 Å². The molecule has 1 aliphatic rings. The average Bonchev–Trinajstić information content (AvgIpc) is 2.38. The number of hydrogen-bond acceptors (Lipinski definition) is 4. The second-order valence-electron chi connectivity index (χ2n) is 4.68. The smallest absolute Gasteiger partial charge is 0.175 e. The maximum atomic E-state index is 11.5. The predicted molar refractivity (Wildman–Crippen MR) is 70.7 cm³/mol. The minimum Gasteiger partial charge on any atom is -0.496 e. The molecule has 1 saturated heterocycles. The van der Waals surface area contributed by atoms with Crippen LogP contribution in [-0.2, 0) is 9.84 Å². The molecule has 1 atom stereocenters. The number of rotatable bonds is 3. The van der Waals surface area contributed by atoms with Crippen LogP contribution in [0.4, 0.5) is 0 Å². The van der Waals surface area contributed by atoms with Crippen LogP contribution < -0.4 is 10.1 Å². The summed E-state index contributed by atoms with van der Waals surface area (Å²) >= 11 is 0. The first-order valence-corrected chi connectivity index (χ1v) is 8.03. The molecule has 100 valence electrons. The first-order valence-electron chi connectivity index (χ1n) is 6.14. The van der Waals surface area contributed by atoms with Crippen LogP contribution in [0.1, 0.15) is 30.9 Å². The average molecular weight is 269 g/mol. The Morgan fingerprint density at radius 3 is 2.67 bits per heavy atom. The van der Waals surface area contributed by atoms with Crippen molar-refractivity contribution in [2.24, 2.45) is 0 Å². The first kappa shape index (κ1) is 13.4. The second-order valence-corrected chi connectivity index (χ2v) is 6.69. The monoisotopic (exact) mass is 269 g/mol. The molecule has 18 heavy (non-hydrogen) atoms.